The molecule has 0 aromatic heterocycles. The van der Waals surface area contributed by atoms with Gasteiger partial charge in [0, 0.05) is 13.2 Å². The molecule has 1 fully saturated rings. The minimum atomic E-state index is -0.499. The summed E-state index contributed by atoms with van der Waals surface area (Å²) in [7, 11) is 0. The fraction of sp³-hybridized carbons (Fsp3) is 0.889. The summed E-state index contributed by atoms with van der Waals surface area (Å²) in [4.78, 5) is 11.4. The molecule has 0 unspecified atom stereocenters. The van der Waals surface area contributed by atoms with E-state index in [4.69, 9.17) is 9.84 Å². The molecule has 3 atom stereocenters. The summed E-state index contributed by atoms with van der Waals surface area (Å²) in [5.74, 6) is 0.180. The van der Waals surface area contributed by atoms with Gasteiger partial charge in [0.1, 0.15) is 6.10 Å². The number of carbonyl (C=O) groups excluding carboxylic acids is 1. The van der Waals surface area contributed by atoms with Crippen LogP contribution in [0.4, 0.5) is 0 Å². The van der Waals surface area contributed by atoms with Gasteiger partial charge in [-0.3, -0.25) is 4.79 Å². The first kappa shape index (κ1) is 10.5. The van der Waals surface area contributed by atoms with Gasteiger partial charge in [-0.1, -0.05) is 6.92 Å². The Bertz CT molecular complexity index is 182. The quantitative estimate of drug-likeness (QED) is 0.649. The molecule has 0 saturated carbocycles. The molecule has 0 bridgehead atoms. The summed E-state index contributed by atoms with van der Waals surface area (Å²) in [6.45, 7) is 4.60. The molecule has 0 aliphatic carbocycles. The van der Waals surface area contributed by atoms with Crippen LogP contribution in [0, 0.1) is 5.92 Å². The van der Waals surface area contributed by atoms with Crippen molar-refractivity contribution < 1.29 is 14.6 Å². The highest BCUT2D eigenvalue weighted by Crippen LogP contribution is 2.19. The van der Waals surface area contributed by atoms with Gasteiger partial charge in [0.25, 0.3) is 0 Å². The Hall–Kier alpha value is -0.610. The number of aliphatic hydroxyl groups is 1. The lowest BCUT2D eigenvalue weighted by atomic mass is 10.0. The Morgan fingerprint density at radius 3 is 2.92 bits per heavy atom. The van der Waals surface area contributed by atoms with Crippen LogP contribution in [-0.2, 0) is 9.53 Å². The Balaban J connectivity index is 2.30. The smallest absolute Gasteiger partial charge is 0.249 e. The van der Waals surface area contributed by atoms with Gasteiger partial charge in [-0.2, -0.15) is 0 Å². The molecule has 0 aromatic rings. The highest BCUT2D eigenvalue weighted by Gasteiger charge is 2.30. The van der Waals surface area contributed by atoms with Crippen LogP contribution >= 0.6 is 0 Å². The number of amides is 1. The minimum absolute atomic E-state index is 0.106. The van der Waals surface area contributed by atoms with Crippen LogP contribution < -0.4 is 5.32 Å². The van der Waals surface area contributed by atoms with E-state index in [1.807, 2.05) is 6.92 Å². The molecule has 13 heavy (non-hydrogen) atoms. The Morgan fingerprint density at radius 1 is 1.77 bits per heavy atom. The first-order chi connectivity index (χ1) is 6.11. The van der Waals surface area contributed by atoms with Gasteiger partial charge in [0.05, 0.1) is 6.10 Å². The molecule has 1 heterocycles. The van der Waals surface area contributed by atoms with Crippen LogP contribution in [0.5, 0.6) is 0 Å². The lowest BCUT2D eigenvalue weighted by molar-refractivity contribution is -0.131. The molecule has 76 valence electrons. The fourth-order valence-corrected chi connectivity index (χ4v) is 1.38. The third kappa shape index (κ3) is 2.97. The molecule has 0 spiro atoms. The summed E-state index contributed by atoms with van der Waals surface area (Å²) < 4.78 is 5.27. The molecule has 4 nitrogen and oxygen atoms in total. The predicted molar refractivity (Wildman–Crippen MR) is 48.2 cm³/mol. The van der Waals surface area contributed by atoms with Crippen molar-refractivity contribution in [3.63, 3.8) is 0 Å². The van der Waals surface area contributed by atoms with Crippen molar-refractivity contribution in [2.24, 2.45) is 5.92 Å². The Labute approximate surface area is 78.3 Å². The van der Waals surface area contributed by atoms with E-state index in [1.54, 1.807) is 6.92 Å². The summed E-state index contributed by atoms with van der Waals surface area (Å²) in [5, 5.41) is 11.6. The number of rotatable bonds is 3. The van der Waals surface area contributed by atoms with Gasteiger partial charge in [-0.25, -0.2) is 0 Å². The lowest BCUT2D eigenvalue weighted by Crippen LogP contribution is -2.40. The fourth-order valence-electron chi connectivity index (χ4n) is 1.38. The van der Waals surface area contributed by atoms with Crippen molar-refractivity contribution in [2.75, 3.05) is 13.2 Å². The second-order valence-electron chi connectivity index (χ2n) is 3.65. The molecule has 1 aliphatic heterocycles. The van der Waals surface area contributed by atoms with Crippen molar-refractivity contribution in [3.8, 4) is 0 Å². The topological polar surface area (TPSA) is 58.6 Å². The maximum atomic E-state index is 11.4. The number of ether oxygens (including phenoxy) is 1. The van der Waals surface area contributed by atoms with E-state index in [1.165, 1.54) is 0 Å². The zero-order valence-corrected chi connectivity index (χ0v) is 8.12. The molecular formula is C9H17NO3. The zero-order chi connectivity index (χ0) is 9.84. The SMILES string of the molecule is C[C@@H]1CCO[C@@H]1C(=O)NC[C@@H](C)O. The minimum Gasteiger partial charge on any atom is -0.392 e. The largest absolute Gasteiger partial charge is 0.392 e. The molecule has 1 amide bonds. The maximum absolute atomic E-state index is 11.4. The predicted octanol–water partition coefficient (Wildman–Crippen LogP) is -0.0916. The highest BCUT2D eigenvalue weighted by molar-refractivity contribution is 5.81. The third-order valence-corrected chi connectivity index (χ3v) is 2.22. The number of aliphatic hydroxyl groups excluding tert-OH is 1. The first-order valence-corrected chi connectivity index (χ1v) is 4.68. The zero-order valence-electron chi connectivity index (χ0n) is 8.12. The molecule has 2 N–H and O–H groups in total. The van der Waals surface area contributed by atoms with E-state index in [9.17, 15) is 4.79 Å². The van der Waals surface area contributed by atoms with Gasteiger partial charge < -0.3 is 15.2 Å². The molecule has 1 aliphatic rings. The van der Waals surface area contributed by atoms with E-state index in [0.29, 0.717) is 13.2 Å². The summed E-state index contributed by atoms with van der Waals surface area (Å²) in [6, 6.07) is 0. The van der Waals surface area contributed by atoms with E-state index >= 15 is 0 Å². The van der Waals surface area contributed by atoms with Crippen LogP contribution in [0.2, 0.25) is 0 Å². The summed E-state index contributed by atoms with van der Waals surface area (Å²) in [5.41, 5.74) is 0. The van der Waals surface area contributed by atoms with Gasteiger partial charge in [-0.15, -0.1) is 0 Å². The average molecular weight is 187 g/mol. The van der Waals surface area contributed by atoms with E-state index in [-0.39, 0.29) is 17.9 Å². The molecular weight excluding hydrogens is 170 g/mol. The molecule has 0 radical (unpaired) electrons. The van der Waals surface area contributed by atoms with E-state index in [2.05, 4.69) is 5.32 Å². The number of hydrogen-bond acceptors (Lipinski definition) is 3. The summed E-state index contributed by atoms with van der Waals surface area (Å²) in [6.07, 6.45) is 0.117. The van der Waals surface area contributed by atoms with Gasteiger partial charge >= 0.3 is 0 Å². The van der Waals surface area contributed by atoms with Gasteiger partial charge in [0.15, 0.2) is 0 Å². The monoisotopic (exact) mass is 187 g/mol. The van der Waals surface area contributed by atoms with Crippen molar-refractivity contribution in [3.05, 3.63) is 0 Å². The van der Waals surface area contributed by atoms with Crippen molar-refractivity contribution in [1.29, 1.82) is 0 Å². The Morgan fingerprint density at radius 2 is 2.46 bits per heavy atom. The maximum Gasteiger partial charge on any atom is 0.249 e. The highest BCUT2D eigenvalue weighted by atomic mass is 16.5. The first-order valence-electron chi connectivity index (χ1n) is 4.68. The normalized spacial score (nSPS) is 30.1. The van der Waals surface area contributed by atoms with Crippen molar-refractivity contribution in [1.82, 2.24) is 5.32 Å². The second kappa shape index (κ2) is 4.58. The Kier molecular flexibility index (Phi) is 3.69. The van der Waals surface area contributed by atoms with Crippen LogP contribution in [0.1, 0.15) is 20.3 Å². The molecule has 1 rings (SSSR count). The number of hydrogen-bond donors (Lipinski definition) is 2. The summed E-state index contributed by atoms with van der Waals surface area (Å²) >= 11 is 0. The van der Waals surface area contributed by atoms with Crippen LogP contribution in [-0.4, -0.2) is 36.4 Å². The standard InChI is InChI=1S/C9H17NO3/c1-6-3-4-13-8(6)9(12)10-5-7(2)11/h6-8,11H,3-5H2,1-2H3,(H,10,12)/t6-,7-,8+/m1/s1. The van der Waals surface area contributed by atoms with Gasteiger partial charge in [-0.05, 0) is 19.3 Å². The van der Waals surface area contributed by atoms with Crippen LogP contribution in [0.25, 0.3) is 0 Å². The molecule has 0 aromatic carbocycles. The van der Waals surface area contributed by atoms with Gasteiger partial charge in [0.2, 0.25) is 5.91 Å². The third-order valence-electron chi connectivity index (χ3n) is 2.22. The number of carbonyl (C=O) groups is 1. The molecule has 4 heteroatoms. The molecule has 1 saturated heterocycles. The van der Waals surface area contributed by atoms with Crippen molar-refractivity contribution in [2.45, 2.75) is 32.5 Å². The second-order valence-corrected chi connectivity index (χ2v) is 3.65. The average Bonchev–Trinajstić information content (AvgIpc) is 2.47. The van der Waals surface area contributed by atoms with Crippen LogP contribution in [0.15, 0.2) is 0 Å². The van der Waals surface area contributed by atoms with Crippen molar-refractivity contribution >= 4 is 5.91 Å². The number of nitrogens with one attached hydrogen (secondary N) is 1. The van der Waals surface area contributed by atoms with E-state index in [0.717, 1.165) is 6.42 Å². The van der Waals surface area contributed by atoms with E-state index < -0.39 is 6.10 Å². The van der Waals surface area contributed by atoms with Crippen LogP contribution in [0.3, 0.4) is 0 Å². The lowest BCUT2D eigenvalue weighted by Gasteiger charge is -2.15.